The molecule has 0 spiro atoms. The molecule has 0 radical (unpaired) electrons. The van der Waals surface area contributed by atoms with Crippen molar-refractivity contribution in [3.05, 3.63) is 52.1 Å². The Morgan fingerprint density at radius 3 is 2.73 bits per heavy atom. The number of allylic oxidation sites excluding steroid dienone is 1. The van der Waals surface area contributed by atoms with Crippen molar-refractivity contribution < 1.29 is 24.5 Å². The van der Waals surface area contributed by atoms with Gasteiger partial charge in [-0.3, -0.25) is 9.59 Å². The van der Waals surface area contributed by atoms with Crippen molar-refractivity contribution >= 4 is 34.4 Å². The molecular weight excluding hydrogens is 535 g/mol. The lowest BCUT2D eigenvalue weighted by molar-refractivity contribution is -0.138. The van der Waals surface area contributed by atoms with Gasteiger partial charge in [-0.25, -0.2) is 0 Å². The largest absolute Gasteiger partial charge is 0.482 e. The summed E-state index contributed by atoms with van der Waals surface area (Å²) in [6, 6.07) is 6.84. The zero-order valence-corrected chi connectivity index (χ0v) is 21.5. The van der Waals surface area contributed by atoms with E-state index in [-0.39, 0.29) is 31.4 Å². The summed E-state index contributed by atoms with van der Waals surface area (Å²) in [4.78, 5) is 27.6. The van der Waals surface area contributed by atoms with E-state index in [9.17, 15) is 14.7 Å². The Balaban J connectivity index is 2.38. The maximum Gasteiger partial charge on any atom is 0.247 e. The number of nitrogens with zero attached hydrogens (tertiary/aromatic N) is 1. The highest BCUT2D eigenvalue weighted by atomic mass is 127. The maximum atomic E-state index is 13.1. The Labute approximate surface area is 210 Å². The summed E-state index contributed by atoms with van der Waals surface area (Å²) < 4.78 is 7.01. The minimum Gasteiger partial charge on any atom is -0.482 e. The zero-order valence-electron chi connectivity index (χ0n) is 19.4. The van der Waals surface area contributed by atoms with Crippen LogP contribution in [-0.2, 0) is 9.59 Å². The Morgan fingerprint density at radius 2 is 2.09 bits per heavy atom. The molecule has 8 heteroatoms. The van der Waals surface area contributed by atoms with E-state index in [4.69, 9.17) is 9.84 Å². The molecule has 0 aliphatic heterocycles. The number of hydrogen-bond donors (Lipinski definition) is 3. The summed E-state index contributed by atoms with van der Waals surface area (Å²) in [5.41, 5.74) is 0.431. The lowest BCUT2D eigenvalue weighted by Gasteiger charge is -2.41. The Hall–Kier alpha value is -1.91. The fourth-order valence-electron chi connectivity index (χ4n) is 3.71. The zero-order chi connectivity index (χ0) is 24.4. The topological polar surface area (TPSA) is 99.1 Å². The molecule has 0 unspecified atom stereocenters. The average molecular weight is 570 g/mol. The third-order valence-corrected chi connectivity index (χ3v) is 6.44. The number of benzene rings is 1. The summed E-state index contributed by atoms with van der Waals surface area (Å²) in [5, 5.41) is 23.1. The van der Waals surface area contributed by atoms with E-state index in [0.717, 1.165) is 9.99 Å². The van der Waals surface area contributed by atoms with Crippen LogP contribution in [0.25, 0.3) is 0 Å². The molecule has 7 nitrogen and oxygen atoms in total. The van der Waals surface area contributed by atoms with Crippen LogP contribution in [0.2, 0.25) is 0 Å². The van der Waals surface area contributed by atoms with Crippen LogP contribution in [0.4, 0.5) is 0 Å². The van der Waals surface area contributed by atoms with Crippen molar-refractivity contribution in [1.82, 2.24) is 10.2 Å². The van der Waals surface area contributed by atoms with Gasteiger partial charge < -0.3 is 25.2 Å². The molecule has 3 atom stereocenters. The minimum absolute atomic E-state index is 0.0790. The fraction of sp³-hybridized carbons (Fsp3) is 0.520. The molecule has 2 rings (SSSR count). The lowest BCUT2D eigenvalue weighted by Crippen LogP contribution is -2.55. The van der Waals surface area contributed by atoms with Crippen molar-refractivity contribution in [2.24, 2.45) is 5.92 Å². The van der Waals surface area contributed by atoms with E-state index >= 15 is 0 Å². The number of carbonyl (C=O) groups is 2. The second-order valence-corrected chi connectivity index (χ2v) is 9.71. The second-order valence-electron chi connectivity index (χ2n) is 8.54. The predicted octanol–water partition coefficient (Wildman–Crippen LogP) is 3.05. The predicted molar refractivity (Wildman–Crippen MR) is 137 cm³/mol. The van der Waals surface area contributed by atoms with E-state index < -0.39 is 18.2 Å². The van der Waals surface area contributed by atoms with Gasteiger partial charge in [0.15, 0.2) is 0 Å². The quantitative estimate of drug-likeness (QED) is 0.265. The third-order valence-electron chi connectivity index (χ3n) is 5.54. The highest BCUT2D eigenvalue weighted by molar-refractivity contribution is 14.1. The van der Waals surface area contributed by atoms with Crippen LogP contribution in [0, 0.1) is 9.49 Å². The number of aliphatic hydroxyl groups is 2. The Bertz CT molecular complexity index is 842. The number of para-hydroxylation sites is 1. The van der Waals surface area contributed by atoms with Gasteiger partial charge in [-0.2, -0.15) is 0 Å². The van der Waals surface area contributed by atoms with Crippen molar-refractivity contribution in [2.75, 3.05) is 19.7 Å². The number of halogens is 1. The van der Waals surface area contributed by atoms with E-state index in [1.807, 2.05) is 24.3 Å². The number of hydrogen-bond acceptors (Lipinski definition) is 5. The minimum atomic E-state index is -1.00. The van der Waals surface area contributed by atoms with Crippen molar-refractivity contribution in [2.45, 2.75) is 57.8 Å². The number of carbonyl (C=O) groups excluding carboxylic acids is 2. The van der Waals surface area contributed by atoms with Gasteiger partial charge in [-0.1, -0.05) is 32.1 Å². The highest BCUT2D eigenvalue weighted by Crippen LogP contribution is 2.30. The smallest absolute Gasteiger partial charge is 0.247 e. The first-order chi connectivity index (χ1) is 15.8. The molecule has 0 saturated heterocycles. The molecule has 0 saturated carbocycles. The van der Waals surface area contributed by atoms with Gasteiger partial charge in [-0.15, -0.1) is 6.58 Å². The van der Waals surface area contributed by atoms with E-state index in [2.05, 4.69) is 48.3 Å². The first-order valence-corrected chi connectivity index (χ1v) is 12.5. The molecule has 0 heterocycles. The van der Waals surface area contributed by atoms with Gasteiger partial charge in [0.25, 0.3) is 0 Å². The number of rotatable bonds is 12. The monoisotopic (exact) mass is 570 g/mol. The van der Waals surface area contributed by atoms with E-state index in [1.54, 1.807) is 17.1 Å². The molecule has 1 aliphatic carbocycles. The summed E-state index contributed by atoms with van der Waals surface area (Å²) in [7, 11) is 0. The molecule has 1 aliphatic rings. The molecule has 2 amide bonds. The normalized spacial score (nSPS) is 20.2. The van der Waals surface area contributed by atoms with Crippen LogP contribution < -0.4 is 10.1 Å². The molecule has 0 bridgehead atoms. The van der Waals surface area contributed by atoms with Crippen LogP contribution in [0.3, 0.4) is 0 Å². The summed E-state index contributed by atoms with van der Waals surface area (Å²) in [6.07, 6.45) is 3.35. The van der Waals surface area contributed by atoms with Crippen LogP contribution in [-0.4, -0.2) is 64.9 Å². The van der Waals surface area contributed by atoms with Gasteiger partial charge in [-0.05, 0) is 59.6 Å². The van der Waals surface area contributed by atoms with Gasteiger partial charge in [0, 0.05) is 31.5 Å². The number of amides is 2. The average Bonchev–Trinajstić information content (AvgIpc) is 2.79. The first-order valence-electron chi connectivity index (χ1n) is 11.4. The van der Waals surface area contributed by atoms with Gasteiger partial charge in [0.2, 0.25) is 11.8 Å². The Kier molecular flexibility index (Phi) is 11.4. The lowest BCUT2D eigenvalue weighted by atomic mass is 9.87. The Morgan fingerprint density at radius 1 is 1.36 bits per heavy atom. The number of nitrogens with one attached hydrogen (secondary N) is 1. The highest BCUT2D eigenvalue weighted by Gasteiger charge is 2.40. The molecule has 182 valence electrons. The molecule has 1 aromatic rings. The van der Waals surface area contributed by atoms with Crippen molar-refractivity contribution in [3.8, 4) is 5.75 Å². The molecule has 0 fully saturated rings. The number of ether oxygens (including phenoxy) is 1. The molecule has 0 aromatic heterocycles. The molecule has 33 heavy (non-hydrogen) atoms. The van der Waals surface area contributed by atoms with Gasteiger partial charge >= 0.3 is 0 Å². The van der Waals surface area contributed by atoms with Gasteiger partial charge in [0.1, 0.15) is 18.0 Å². The molecular formula is C25H35IN2O5. The van der Waals surface area contributed by atoms with Crippen LogP contribution in [0.15, 0.2) is 48.6 Å². The second kappa shape index (κ2) is 13.7. The summed E-state index contributed by atoms with van der Waals surface area (Å²) in [5.74, 6) is 0.562. The van der Waals surface area contributed by atoms with Crippen LogP contribution in [0.1, 0.15) is 39.5 Å². The van der Waals surface area contributed by atoms with E-state index in [1.165, 1.54) is 0 Å². The van der Waals surface area contributed by atoms with Gasteiger partial charge in [0.05, 0.1) is 16.2 Å². The molecule has 3 N–H and O–H groups in total. The maximum absolute atomic E-state index is 13.1. The fourth-order valence-corrected chi connectivity index (χ4v) is 4.22. The van der Waals surface area contributed by atoms with E-state index in [0.29, 0.717) is 36.6 Å². The third kappa shape index (κ3) is 8.12. The SMILES string of the molecule is C=CCCC(=O)N(CCC(C)C)[C@@H]1CC(C(=O)NCCO)=C[C@H](Oc2ccccc2I)[C@H]1O. The van der Waals surface area contributed by atoms with Crippen LogP contribution in [0.5, 0.6) is 5.75 Å². The van der Waals surface area contributed by atoms with Crippen LogP contribution >= 0.6 is 22.6 Å². The standard InChI is InChI=1S/C25H35IN2O5/c1-4-5-10-23(30)28(13-11-17(2)3)20-15-18(25(32)27-12-14-29)16-22(24(20)31)33-21-9-7-6-8-19(21)26/h4,6-9,16-17,20,22,24,29,31H,1,5,10-15H2,2-3H3,(H,27,32)/t20-,22+,24+/m1/s1. The summed E-state index contributed by atoms with van der Waals surface area (Å²) >= 11 is 2.16. The van der Waals surface area contributed by atoms with Crippen molar-refractivity contribution in [3.63, 3.8) is 0 Å². The summed E-state index contributed by atoms with van der Waals surface area (Å²) in [6.45, 7) is 8.30. The number of aliphatic hydroxyl groups excluding tert-OH is 2. The first kappa shape index (κ1) is 27.3. The van der Waals surface area contributed by atoms with Crippen molar-refractivity contribution in [1.29, 1.82) is 0 Å². The molecule has 1 aromatic carbocycles.